The molecule has 1 N–H and O–H groups in total. The second kappa shape index (κ2) is 7.51. The maximum atomic E-state index is 13.1. The highest BCUT2D eigenvalue weighted by Gasteiger charge is 2.18. The van der Waals surface area contributed by atoms with Gasteiger partial charge in [0.05, 0.1) is 5.02 Å². The summed E-state index contributed by atoms with van der Waals surface area (Å²) in [5.41, 5.74) is 1.11. The van der Waals surface area contributed by atoms with Crippen LogP contribution in [0.3, 0.4) is 0 Å². The normalized spacial score (nSPS) is 18.5. The van der Waals surface area contributed by atoms with Crippen molar-refractivity contribution in [2.24, 2.45) is 5.92 Å². The van der Waals surface area contributed by atoms with Crippen molar-refractivity contribution in [3.63, 3.8) is 0 Å². The van der Waals surface area contributed by atoms with Crippen LogP contribution in [0.25, 0.3) is 0 Å². The quantitative estimate of drug-likeness (QED) is 0.877. The van der Waals surface area contributed by atoms with E-state index in [0.29, 0.717) is 6.04 Å². The molecule has 0 spiro atoms. The molecule has 106 valence electrons. The fourth-order valence-corrected chi connectivity index (χ4v) is 4.05. The Balaban J connectivity index is 1.92. The van der Waals surface area contributed by atoms with Gasteiger partial charge in [-0.3, -0.25) is 0 Å². The summed E-state index contributed by atoms with van der Waals surface area (Å²) in [6.07, 6.45) is 4.77. The van der Waals surface area contributed by atoms with Crippen molar-refractivity contribution in [2.75, 3.05) is 18.6 Å². The number of likely N-dealkylation sites (N-methyl/N-ethyl adjacent to an activating group) is 1. The summed E-state index contributed by atoms with van der Waals surface area (Å²) < 4.78 is 13.1. The molecule has 1 aliphatic rings. The van der Waals surface area contributed by atoms with E-state index >= 15 is 0 Å². The van der Waals surface area contributed by atoms with Crippen LogP contribution in [-0.2, 0) is 6.42 Å². The minimum atomic E-state index is -0.337. The molecule has 0 saturated carbocycles. The van der Waals surface area contributed by atoms with E-state index in [0.717, 1.165) is 17.9 Å². The molecule has 0 radical (unpaired) electrons. The first-order chi connectivity index (χ1) is 9.19. The highest BCUT2D eigenvalue weighted by atomic mass is 35.5. The summed E-state index contributed by atoms with van der Waals surface area (Å²) in [6, 6.07) is 5.50. The van der Waals surface area contributed by atoms with Crippen LogP contribution in [0.2, 0.25) is 5.02 Å². The Morgan fingerprint density at radius 1 is 1.42 bits per heavy atom. The maximum Gasteiger partial charge on any atom is 0.141 e. The lowest BCUT2D eigenvalue weighted by atomic mass is 9.91. The summed E-state index contributed by atoms with van der Waals surface area (Å²) in [5, 5.41) is 3.61. The molecule has 1 atom stereocenters. The molecule has 1 heterocycles. The van der Waals surface area contributed by atoms with Crippen LogP contribution >= 0.6 is 23.4 Å². The zero-order valence-corrected chi connectivity index (χ0v) is 12.9. The fraction of sp³-hybridized carbons (Fsp3) is 0.600. The molecular formula is C15H21ClFNS. The number of thioether (sulfide) groups is 1. The first kappa shape index (κ1) is 15.1. The molecule has 0 aliphatic carbocycles. The van der Waals surface area contributed by atoms with Gasteiger partial charge in [-0.1, -0.05) is 17.7 Å². The van der Waals surface area contributed by atoms with E-state index in [4.69, 9.17) is 11.6 Å². The zero-order valence-electron chi connectivity index (χ0n) is 11.3. The van der Waals surface area contributed by atoms with Crippen LogP contribution in [-0.4, -0.2) is 24.6 Å². The van der Waals surface area contributed by atoms with Gasteiger partial charge < -0.3 is 5.32 Å². The SMILES string of the molecule is CNC(Cc1ccc(F)c(Cl)c1)CC1CCSCC1. The number of halogens is 2. The van der Waals surface area contributed by atoms with Gasteiger partial charge in [-0.15, -0.1) is 0 Å². The second-order valence-electron chi connectivity index (χ2n) is 5.23. The standard InChI is InChI=1S/C15H21ClFNS/c1-18-13(8-11-4-6-19-7-5-11)9-12-2-3-15(17)14(16)10-12/h2-3,10-11,13,18H,4-9H2,1H3. The van der Waals surface area contributed by atoms with Crippen molar-refractivity contribution in [2.45, 2.75) is 31.7 Å². The molecule has 0 amide bonds. The number of nitrogens with one attached hydrogen (secondary N) is 1. The van der Waals surface area contributed by atoms with E-state index in [1.54, 1.807) is 6.07 Å². The first-order valence-electron chi connectivity index (χ1n) is 6.88. The Bertz CT molecular complexity index is 407. The molecule has 1 aromatic rings. The van der Waals surface area contributed by atoms with Gasteiger partial charge in [0.2, 0.25) is 0 Å². The van der Waals surface area contributed by atoms with Gasteiger partial charge in [-0.05, 0) is 67.9 Å². The third kappa shape index (κ3) is 4.66. The van der Waals surface area contributed by atoms with Crippen molar-refractivity contribution >= 4 is 23.4 Å². The summed E-state index contributed by atoms with van der Waals surface area (Å²) >= 11 is 7.90. The van der Waals surface area contributed by atoms with Gasteiger partial charge in [0.1, 0.15) is 5.82 Å². The van der Waals surface area contributed by atoms with Crippen molar-refractivity contribution < 1.29 is 4.39 Å². The summed E-state index contributed by atoms with van der Waals surface area (Å²) in [5.74, 6) is 3.08. The van der Waals surface area contributed by atoms with Crippen LogP contribution in [0.5, 0.6) is 0 Å². The van der Waals surface area contributed by atoms with Crippen LogP contribution in [0.15, 0.2) is 18.2 Å². The molecule has 4 heteroatoms. The van der Waals surface area contributed by atoms with E-state index in [2.05, 4.69) is 17.1 Å². The number of benzene rings is 1. The van der Waals surface area contributed by atoms with Gasteiger partial charge in [-0.25, -0.2) is 4.39 Å². The lowest BCUT2D eigenvalue weighted by Crippen LogP contribution is -2.31. The Morgan fingerprint density at radius 3 is 2.79 bits per heavy atom. The predicted molar refractivity (Wildman–Crippen MR) is 82.6 cm³/mol. The minimum Gasteiger partial charge on any atom is -0.317 e. The van der Waals surface area contributed by atoms with Gasteiger partial charge in [0.25, 0.3) is 0 Å². The highest BCUT2D eigenvalue weighted by molar-refractivity contribution is 7.99. The Kier molecular flexibility index (Phi) is 5.99. The van der Waals surface area contributed by atoms with Crippen molar-refractivity contribution in [1.29, 1.82) is 0 Å². The second-order valence-corrected chi connectivity index (χ2v) is 6.86. The Morgan fingerprint density at radius 2 is 2.16 bits per heavy atom. The molecule has 1 unspecified atom stereocenters. The highest BCUT2D eigenvalue weighted by Crippen LogP contribution is 2.27. The zero-order chi connectivity index (χ0) is 13.7. The van der Waals surface area contributed by atoms with Crippen LogP contribution in [0, 0.1) is 11.7 Å². The van der Waals surface area contributed by atoms with Crippen LogP contribution in [0.4, 0.5) is 4.39 Å². The predicted octanol–water partition coefficient (Wildman–Crippen LogP) is 4.14. The number of rotatable bonds is 5. The van der Waals surface area contributed by atoms with Gasteiger partial charge in [0.15, 0.2) is 0 Å². The lowest BCUT2D eigenvalue weighted by Gasteiger charge is -2.26. The third-order valence-corrected chi connectivity index (χ3v) is 5.17. The monoisotopic (exact) mass is 301 g/mol. The summed E-state index contributed by atoms with van der Waals surface area (Å²) in [4.78, 5) is 0. The molecule has 19 heavy (non-hydrogen) atoms. The molecule has 0 aromatic heterocycles. The van der Waals surface area contributed by atoms with Crippen LogP contribution in [0.1, 0.15) is 24.8 Å². The van der Waals surface area contributed by atoms with E-state index in [9.17, 15) is 4.39 Å². The van der Waals surface area contributed by atoms with Gasteiger partial charge in [0, 0.05) is 6.04 Å². The molecule has 0 bridgehead atoms. The Labute approximate surface area is 124 Å². The van der Waals surface area contributed by atoms with Crippen molar-refractivity contribution in [3.8, 4) is 0 Å². The first-order valence-corrected chi connectivity index (χ1v) is 8.41. The molecule has 1 fully saturated rings. The maximum absolute atomic E-state index is 13.1. The smallest absolute Gasteiger partial charge is 0.141 e. The van der Waals surface area contributed by atoms with E-state index in [1.807, 2.05) is 13.1 Å². The average Bonchev–Trinajstić information content (AvgIpc) is 2.43. The largest absolute Gasteiger partial charge is 0.317 e. The molecule has 1 saturated heterocycles. The molecule has 2 rings (SSSR count). The minimum absolute atomic E-state index is 0.224. The van der Waals surface area contributed by atoms with Gasteiger partial charge >= 0.3 is 0 Å². The average molecular weight is 302 g/mol. The fourth-order valence-electron chi connectivity index (χ4n) is 2.64. The summed E-state index contributed by atoms with van der Waals surface area (Å²) in [6.45, 7) is 0. The number of hydrogen-bond donors (Lipinski definition) is 1. The van der Waals surface area contributed by atoms with E-state index < -0.39 is 0 Å². The van der Waals surface area contributed by atoms with Crippen molar-refractivity contribution in [3.05, 3.63) is 34.6 Å². The van der Waals surface area contributed by atoms with Crippen molar-refractivity contribution in [1.82, 2.24) is 5.32 Å². The Hall–Kier alpha value is -0.250. The van der Waals surface area contributed by atoms with Crippen LogP contribution < -0.4 is 5.32 Å². The third-order valence-electron chi connectivity index (χ3n) is 3.83. The van der Waals surface area contributed by atoms with Gasteiger partial charge in [-0.2, -0.15) is 11.8 Å². The molecule has 1 aromatic carbocycles. The lowest BCUT2D eigenvalue weighted by molar-refractivity contribution is 0.376. The number of hydrogen-bond acceptors (Lipinski definition) is 2. The van der Waals surface area contributed by atoms with E-state index in [1.165, 1.54) is 36.8 Å². The van der Waals surface area contributed by atoms with E-state index in [-0.39, 0.29) is 10.8 Å². The molecule has 1 aliphatic heterocycles. The molecule has 1 nitrogen and oxygen atoms in total. The topological polar surface area (TPSA) is 12.0 Å². The summed E-state index contributed by atoms with van der Waals surface area (Å²) in [7, 11) is 2.01. The molecular weight excluding hydrogens is 281 g/mol.